The summed E-state index contributed by atoms with van der Waals surface area (Å²) in [6, 6.07) is 14.3. The van der Waals surface area contributed by atoms with Gasteiger partial charge in [0.1, 0.15) is 17.7 Å². The van der Waals surface area contributed by atoms with Gasteiger partial charge in [-0.2, -0.15) is 0 Å². The summed E-state index contributed by atoms with van der Waals surface area (Å²) < 4.78 is 18.7. The van der Waals surface area contributed by atoms with Crippen LogP contribution in [0, 0.1) is 12.7 Å². The van der Waals surface area contributed by atoms with Crippen molar-refractivity contribution in [3.05, 3.63) is 65.5 Å². The molecule has 2 aromatic rings. The number of hydrogen-bond donors (Lipinski definition) is 1. The lowest BCUT2D eigenvalue weighted by Crippen LogP contribution is -2.21. The molecule has 0 aliphatic heterocycles. The van der Waals surface area contributed by atoms with Gasteiger partial charge in [0.2, 0.25) is 0 Å². The highest BCUT2D eigenvalue weighted by Crippen LogP contribution is 2.14. The average molecular weight is 300 g/mol. The molecule has 0 bridgehead atoms. The average Bonchev–Trinajstić information content (AvgIpc) is 2.45. The van der Waals surface area contributed by atoms with E-state index in [-0.39, 0.29) is 11.9 Å². The van der Waals surface area contributed by atoms with Gasteiger partial charge in [-0.1, -0.05) is 35.9 Å². The van der Waals surface area contributed by atoms with Crippen LogP contribution in [0.3, 0.4) is 0 Å². The van der Waals surface area contributed by atoms with Gasteiger partial charge < -0.3 is 10.5 Å². The predicted octanol–water partition coefficient (Wildman–Crippen LogP) is 3.50. The summed E-state index contributed by atoms with van der Waals surface area (Å²) in [4.78, 5) is 4.34. The molecule has 1 unspecified atom stereocenters. The maximum atomic E-state index is 13.1. The van der Waals surface area contributed by atoms with Gasteiger partial charge in [-0.25, -0.2) is 4.39 Å². The number of nitrogens with two attached hydrogens (primary N) is 1. The molecule has 0 aromatic heterocycles. The number of ether oxygens (including phenoxy) is 1. The third-order valence-electron chi connectivity index (χ3n) is 3.15. The van der Waals surface area contributed by atoms with Crippen LogP contribution >= 0.6 is 0 Å². The van der Waals surface area contributed by atoms with Crippen molar-refractivity contribution in [2.45, 2.75) is 26.4 Å². The van der Waals surface area contributed by atoms with Crippen LogP contribution in [0.1, 0.15) is 18.1 Å². The molecule has 4 heteroatoms. The van der Waals surface area contributed by atoms with E-state index in [0.29, 0.717) is 24.6 Å². The van der Waals surface area contributed by atoms with Crippen molar-refractivity contribution in [2.24, 2.45) is 10.7 Å². The van der Waals surface area contributed by atoms with Crippen LogP contribution in [0.25, 0.3) is 0 Å². The summed E-state index contributed by atoms with van der Waals surface area (Å²) in [5.41, 5.74) is 8.30. The van der Waals surface area contributed by atoms with Gasteiger partial charge in [0.15, 0.2) is 0 Å². The fourth-order valence-corrected chi connectivity index (χ4v) is 2.14. The molecular formula is C18H21FN2O. The van der Waals surface area contributed by atoms with Crippen molar-refractivity contribution in [1.82, 2.24) is 0 Å². The van der Waals surface area contributed by atoms with E-state index in [9.17, 15) is 4.39 Å². The Morgan fingerprint density at radius 2 is 2.00 bits per heavy atom. The van der Waals surface area contributed by atoms with Crippen LogP contribution in [-0.2, 0) is 6.42 Å². The molecule has 2 rings (SSSR count). The van der Waals surface area contributed by atoms with Crippen LogP contribution < -0.4 is 10.5 Å². The minimum atomic E-state index is -0.313. The van der Waals surface area contributed by atoms with Crippen LogP contribution in [0.4, 0.5) is 4.39 Å². The lowest BCUT2D eigenvalue weighted by atomic mass is 10.1. The third kappa shape index (κ3) is 5.20. The van der Waals surface area contributed by atoms with Gasteiger partial charge in [-0.3, -0.25) is 4.99 Å². The predicted molar refractivity (Wildman–Crippen MR) is 87.9 cm³/mol. The number of nitrogens with zero attached hydrogens (tertiary/aromatic N) is 1. The number of halogens is 1. The van der Waals surface area contributed by atoms with Crippen molar-refractivity contribution in [3.8, 4) is 5.75 Å². The highest BCUT2D eigenvalue weighted by Gasteiger charge is 2.05. The minimum Gasteiger partial charge on any atom is -0.489 e. The minimum absolute atomic E-state index is 0.169. The molecule has 0 aliphatic rings. The summed E-state index contributed by atoms with van der Waals surface area (Å²) in [5, 5.41) is 0. The Morgan fingerprint density at radius 3 is 2.73 bits per heavy atom. The van der Waals surface area contributed by atoms with Crippen LogP contribution in [0.2, 0.25) is 0 Å². The summed E-state index contributed by atoms with van der Waals surface area (Å²) in [6.07, 6.45) is 0.451. The first-order chi connectivity index (χ1) is 10.5. The topological polar surface area (TPSA) is 47.6 Å². The molecule has 2 N–H and O–H groups in total. The Labute approximate surface area is 130 Å². The zero-order chi connectivity index (χ0) is 15.9. The Bertz CT molecular complexity index is 655. The number of benzene rings is 2. The molecule has 0 fully saturated rings. The third-order valence-corrected chi connectivity index (χ3v) is 3.15. The van der Waals surface area contributed by atoms with E-state index < -0.39 is 0 Å². The molecule has 0 heterocycles. The zero-order valence-corrected chi connectivity index (χ0v) is 12.9. The molecule has 0 saturated carbocycles. The lowest BCUT2D eigenvalue weighted by molar-refractivity contribution is 0.229. The monoisotopic (exact) mass is 300 g/mol. The van der Waals surface area contributed by atoms with E-state index in [1.54, 1.807) is 12.1 Å². The Morgan fingerprint density at radius 1 is 1.23 bits per heavy atom. The first-order valence-corrected chi connectivity index (χ1v) is 7.29. The maximum absolute atomic E-state index is 13.1. The number of rotatable bonds is 6. The summed E-state index contributed by atoms with van der Waals surface area (Å²) >= 11 is 0. The second-order valence-corrected chi connectivity index (χ2v) is 5.38. The van der Waals surface area contributed by atoms with Gasteiger partial charge in [-0.15, -0.1) is 0 Å². The Balaban J connectivity index is 1.87. The molecule has 0 radical (unpaired) electrons. The second-order valence-electron chi connectivity index (χ2n) is 5.38. The van der Waals surface area contributed by atoms with Crippen molar-refractivity contribution < 1.29 is 9.13 Å². The summed E-state index contributed by atoms with van der Waals surface area (Å²) in [6.45, 7) is 4.37. The molecule has 1 atom stereocenters. The Hall–Kier alpha value is -2.36. The van der Waals surface area contributed by atoms with Gasteiger partial charge in [-0.05, 0) is 31.5 Å². The van der Waals surface area contributed by atoms with Crippen molar-refractivity contribution in [3.63, 3.8) is 0 Å². The molecule has 22 heavy (non-hydrogen) atoms. The summed E-state index contributed by atoms with van der Waals surface area (Å²) in [5.74, 6) is 0.757. The molecule has 3 nitrogen and oxygen atoms in total. The molecule has 0 aliphatic carbocycles. The van der Waals surface area contributed by atoms with E-state index >= 15 is 0 Å². The number of hydrogen-bond acceptors (Lipinski definition) is 2. The summed E-state index contributed by atoms with van der Waals surface area (Å²) in [7, 11) is 0. The van der Waals surface area contributed by atoms with E-state index in [2.05, 4.69) is 11.1 Å². The normalized spacial score (nSPS) is 13.0. The van der Waals surface area contributed by atoms with Crippen molar-refractivity contribution >= 4 is 5.84 Å². The number of aliphatic imine (C=N–C) groups is 1. The molecule has 0 amide bonds. The van der Waals surface area contributed by atoms with Gasteiger partial charge >= 0.3 is 0 Å². The van der Waals surface area contributed by atoms with Crippen LogP contribution in [0.15, 0.2) is 53.5 Å². The molecule has 0 saturated heterocycles. The quantitative estimate of drug-likeness (QED) is 0.655. The van der Waals surface area contributed by atoms with Crippen LogP contribution in [0.5, 0.6) is 5.75 Å². The standard InChI is InChI=1S/C18H21FN2O/c1-13-5-3-6-15(9-13)10-18(20)21-12-14(2)22-17-8-4-7-16(19)11-17/h3-9,11,14H,10,12H2,1-2H3,(H2,20,21). The highest BCUT2D eigenvalue weighted by molar-refractivity contribution is 5.82. The molecule has 116 valence electrons. The largest absolute Gasteiger partial charge is 0.489 e. The van der Waals surface area contributed by atoms with E-state index in [4.69, 9.17) is 10.5 Å². The molecule has 2 aromatic carbocycles. The SMILES string of the molecule is Cc1cccc(CC(N)=NCC(C)Oc2cccc(F)c2)c1. The van der Waals surface area contributed by atoms with Gasteiger partial charge in [0.25, 0.3) is 0 Å². The fraction of sp³-hybridized carbons (Fsp3) is 0.278. The fourth-order valence-electron chi connectivity index (χ4n) is 2.14. The smallest absolute Gasteiger partial charge is 0.126 e. The van der Waals surface area contributed by atoms with E-state index in [1.165, 1.54) is 17.7 Å². The second kappa shape index (κ2) is 7.59. The number of aryl methyl sites for hydroxylation is 1. The first kappa shape index (κ1) is 16.0. The van der Waals surface area contributed by atoms with Crippen LogP contribution in [-0.4, -0.2) is 18.5 Å². The number of amidine groups is 1. The van der Waals surface area contributed by atoms with Crippen molar-refractivity contribution in [2.75, 3.05) is 6.54 Å². The van der Waals surface area contributed by atoms with E-state index in [1.807, 2.05) is 32.0 Å². The van der Waals surface area contributed by atoms with Gasteiger partial charge in [0, 0.05) is 12.5 Å². The lowest BCUT2D eigenvalue weighted by Gasteiger charge is -2.13. The first-order valence-electron chi connectivity index (χ1n) is 7.29. The molecule has 0 spiro atoms. The van der Waals surface area contributed by atoms with Gasteiger partial charge in [0.05, 0.1) is 12.4 Å². The maximum Gasteiger partial charge on any atom is 0.126 e. The Kier molecular flexibility index (Phi) is 5.53. The van der Waals surface area contributed by atoms with E-state index in [0.717, 1.165) is 5.56 Å². The zero-order valence-electron chi connectivity index (χ0n) is 12.9. The van der Waals surface area contributed by atoms with Crippen molar-refractivity contribution in [1.29, 1.82) is 0 Å². The highest BCUT2D eigenvalue weighted by atomic mass is 19.1. The molecular weight excluding hydrogens is 279 g/mol.